The van der Waals surface area contributed by atoms with Crippen molar-refractivity contribution < 1.29 is 27.9 Å². The molecular formula is C19H16O7. The second kappa shape index (κ2) is 6.51. The number of hydrogen-bond acceptors (Lipinski definition) is 7. The number of esters is 2. The Hall–Kier alpha value is -3.35. The monoisotopic (exact) mass is 356 g/mol. The third-order valence-corrected chi connectivity index (χ3v) is 3.93. The van der Waals surface area contributed by atoms with Crippen molar-refractivity contribution in [3.63, 3.8) is 0 Å². The van der Waals surface area contributed by atoms with Gasteiger partial charge in [-0.3, -0.25) is 4.79 Å². The molecule has 134 valence electrons. The molecule has 0 radical (unpaired) electrons. The van der Waals surface area contributed by atoms with Crippen molar-refractivity contribution in [1.29, 1.82) is 0 Å². The average Bonchev–Trinajstić information content (AvgIpc) is 3.03. The minimum absolute atomic E-state index is 0.152. The molecule has 0 amide bonds. The van der Waals surface area contributed by atoms with Crippen LogP contribution in [-0.2, 0) is 9.53 Å². The highest BCUT2D eigenvalue weighted by molar-refractivity contribution is 5.95. The summed E-state index contributed by atoms with van der Waals surface area (Å²) in [5.41, 5.74) is 0.909. The van der Waals surface area contributed by atoms with Crippen LogP contribution in [0.2, 0.25) is 0 Å². The number of carbonyl (C=O) groups is 2. The molecule has 0 saturated carbocycles. The lowest BCUT2D eigenvalue weighted by atomic mass is 10.1. The number of ether oxygens (including phenoxy) is 2. The van der Waals surface area contributed by atoms with Gasteiger partial charge in [0.2, 0.25) is 0 Å². The van der Waals surface area contributed by atoms with Crippen molar-refractivity contribution in [2.24, 2.45) is 0 Å². The van der Waals surface area contributed by atoms with Crippen LogP contribution in [0.1, 0.15) is 28.4 Å². The Balaban J connectivity index is 2.17. The van der Waals surface area contributed by atoms with E-state index in [0.29, 0.717) is 22.1 Å². The third kappa shape index (κ3) is 2.99. The molecule has 26 heavy (non-hydrogen) atoms. The van der Waals surface area contributed by atoms with Crippen molar-refractivity contribution in [2.75, 3.05) is 7.11 Å². The van der Waals surface area contributed by atoms with Crippen molar-refractivity contribution in [3.05, 3.63) is 51.4 Å². The van der Waals surface area contributed by atoms with Crippen LogP contribution in [0, 0.1) is 13.8 Å². The molecular weight excluding hydrogens is 340 g/mol. The molecule has 0 unspecified atom stereocenters. The Morgan fingerprint density at radius 3 is 2.42 bits per heavy atom. The van der Waals surface area contributed by atoms with Gasteiger partial charge in [-0.05, 0) is 38.1 Å². The topological polar surface area (TPSA) is 96.0 Å². The van der Waals surface area contributed by atoms with Crippen molar-refractivity contribution >= 4 is 22.9 Å². The molecule has 2 heterocycles. The second-order valence-corrected chi connectivity index (χ2v) is 5.75. The van der Waals surface area contributed by atoms with E-state index in [1.807, 2.05) is 0 Å². The summed E-state index contributed by atoms with van der Waals surface area (Å²) in [6.45, 7) is 4.43. The first-order valence-corrected chi connectivity index (χ1v) is 7.76. The smallest absolute Gasteiger partial charge is 0.343 e. The SMILES string of the molecule is COC(=O)c1ccc2oc(-c3oc(=O)c(C)c(OC(C)=O)c3C)cc2c1. The third-order valence-electron chi connectivity index (χ3n) is 3.93. The molecule has 7 heteroatoms. The molecule has 0 fully saturated rings. The minimum Gasteiger partial charge on any atom is -0.465 e. The number of methoxy groups -OCH3 is 1. The van der Waals surface area contributed by atoms with Gasteiger partial charge in [0.15, 0.2) is 11.5 Å². The van der Waals surface area contributed by atoms with Gasteiger partial charge in [-0.15, -0.1) is 0 Å². The maximum Gasteiger partial charge on any atom is 0.343 e. The Morgan fingerprint density at radius 1 is 1.04 bits per heavy atom. The highest BCUT2D eigenvalue weighted by Gasteiger charge is 2.21. The van der Waals surface area contributed by atoms with E-state index >= 15 is 0 Å². The summed E-state index contributed by atoms with van der Waals surface area (Å²) in [6, 6.07) is 6.45. The van der Waals surface area contributed by atoms with E-state index < -0.39 is 17.6 Å². The highest BCUT2D eigenvalue weighted by atomic mass is 16.5. The summed E-state index contributed by atoms with van der Waals surface area (Å²) in [7, 11) is 1.30. The van der Waals surface area contributed by atoms with Crippen LogP contribution in [0.4, 0.5) is 0 Å². The van der Waals surface area contributed by atoms with Crippen LogP contribution in [0.15, 0.2) is 37.9 Å². The second-order valence-electron chi connectivity index (χ2n) is 5.75. The van der Waals surface area contributed by atoms with Gasteiger partial charge in [0.1, 0.15) is 11.3 Å². The molecule has 3 rings (SSSR count). The van der Waals surface area contributed by atoms with E-state index in [1.165, 1.54) is 21.0 Å². The Morgan fingerprint density at radius 2 is 1.77 bits per heavy atom. The van der Waals surface area contributed by atoms with Crippen LogP contribution in [0.5, 0.6) is 5.75 Å². The zero-order valence-corrected chi connectivity index (χ0v) is 14.7. The zero-order chi connectivity index (χ0) is 19.0. The van der Waals surface area contributed by atoms with Crippen molar-refractivity contribution in [1.82, 2.24) is 0 Å². The predicted octanol–water partition coefficient (Wildman–Crippen LogP) is 3.38. The standard InChI is InChI=1S/C19H16O7/c1-9-16(24-11(3)20)10(2)18(21)26-17(9)15-8-13-7-12(19(22)23-4)5-6-14(13)25-15/h5-8H,1-4H3. The number of benzene rings is 1. The van der Waals surface area contributed by atoms with Gasteiger partial charge < -0.3 is 18.3 Å². The quantitative estimate of drug-likeness (QED) is 0.664. The molecule has 0 spiro atoms. The summed E-state index contributed by atoms with van der Waals surface area (Å²) < 4.78 is 20.9. The lowest BCUT2D eigenvalue weighted by Gasteiger charge is -2.10. The lowest BCUT2D eigenvalue weighted by molar-refractivity contribution is -0.132. The number of fused-ring (bicyclic) bond motifs is 1. The summed E-state index contributed by atoms with van der Waals surface area (Å²) in [5.74, 6) is -0.415. The average molecular weight is 356 g/mol. The van der Waals surface area contributed by atoms with Gasteiger partial charge in [-0.1, -0.05) is 0 Å². The van der Waals surface area contributed by atoms with Crippen molar-refractivity contribution in [3.8, 4) is 17.3 Å². The summed E-state index contributed by atoms with van der Waals surface area (Å²) in [6.07, 6.45) is 0. The number of rotatable bonds is 3. The molecule has 0 atom stereocenters. The maximum atomic E-state index is 12.1. The van der Waals surface area contributed by atoms with Gasteiger partial charge in [0, 0.05) is 17.9 Å². The van der Waals surface area contributed by atoms with Crippen LogP contribution in [-0.4, -0.2) is 19.0 Å². The van der Waals surface area contributed by atoms with Gasteiger partial charge in [0.05, 0.1) is 18.2 Å². The fourth-order valence-electron chi connectivity index (χ4n) is 2.65. The predicted molar refractivity (Wildman–Crippen MR) is 92.3 cm³/mol. The van der Waals surface area contributed by atoms with E-state index in [1.54, 1.807) is 31.2 Å². The lowest BCUT2D eigenvalue weighted by Crippen LogP contribution is -2.12. The molecule has 3 aromatic rings. The van der Waals surface area contributed by atoms with Crippen molar-refractivity contribution in [2.45, 2.75) is 20.8 Å². The maximum absolute atomic E-state index is 12.1. The largest absolute Gasteiger partial charge is 0.465 e. The fraction of sp³-hybridized carbons (Fsp3) is 0.211. The van der Waals surface area contributed by atoms with E-state index in [9.17, 15) is 14.4 Å². The highest BCUT2D eigenvalue weighted by Crippen LogP contribution is 2.34. The molecule has 0 N–H and O–H groups in total. The summed E-state index contributed by atoms with van der Waals surface area (Å²) in [4.78, 5) is 35.1. The van der Waals surface area contributed by atoms with E-state index in [4.69, 9.17) is 18.3 Å². The molecule has 2 aromatic heterocycles. The molecule has 1 aromatic carbocycles. The number of hydrogen-bond donors (Lipinski definition) is 0. The first-order valence-electron chi connectivity index (χ1n) is 7.76. The molecule has 0 saturated heterocycles. The minimum atomic E-state index is -0.627. The molecule has 0 aliphatic rings. The molecule has 7 nitrogen and oxygen atoms in total. The molecule has 0 aliphatic carbocycles. The van der Waals surface area contributed by atoms with Gasteiger partial charge in [-0.25, -0.2) is 9.59 Å². The van der Waals surface area contributed by atoms with Crippen LogP contribution >= 0.6 is 0 Å². The van der Waals surface area contributed by atoms with Gasteiger partial charge >= 0.3 is 17.6 Å². The zero-order valence-electron chi connectivity index (χ0n) is 14.7. The first kappa shape index (κ1) is 17.5. The Labute approximate surface area is 148 Å². The molecule has 0 bridgehead atoms. The summed E-state index contributed by atoms with van der Waals surface area (Å²) in [5, 5.41) is 0.638. The number of furan rings is 1. The van der Waals surface area contributed by atoms with Crippen LogP contribution in [0.25, 0.3) is 22.5 Å². The number of carbonyl (C=O) groups excluding carboxylic acids is 2. The Bertz CT molecular complexity index is 1090. The van der Waals surface area contributed by atoms with E-state index in [-0.39, 0.29) is 22.8 Å². The van der Waals surface area contributed by atoms with E-state index in [2.05, 4.69) is 0 Å². The van der Waals surface area contributed by atoms with E-state index in [0.717, 1.165) is 0 Å². The van der Waals surface area contributed by atoms with Gasteiger partial charge in [0.25, 0.3) is 0 Å². The summed E-state index contributed by atoms with van der Waals surface area (Å²) >= 11 is 0. The van der Waals surface area contributed by atoms with Gasteiger partial charge in [-0.2, -0.15) is 0 Å². The fourth-order valence-corrected chi connectivity index (χ4v) is 2.65. The molecule has 0 aliphatic heterocycles. The normalized spacial score (nSPS) is 10.8. The Kier molecular flexibility index (Phi) is 4.38. The van der Waals surface area contributed by atoms with Crippen LogP contribution < -0.4 is 10.4 Å². The first-order chi connectivity index (χ1) is 12.3. The van der Waals surface area contributed by atoms with Crippen LogP contribution in [0.3, 0.4) is 0 Å².